The Bertz CT molecular complexity index is 1750. The van der Waals surface area contributed by atoms with Crippen LogP contribution >= 0.6 is 0 Å². The van der Waals surface area contributed by atoms with Crippen molar-refractivity contribution in [3.63, 3.8) is 0 Å². The van der Waals surface area contributed by atoms with E-state index >= 15 is 0 Å². The molecule has 1 N–H and O–H groups in total. The van der Waals surface area contributed by atoms with Crippen molar-refractivity contribution in [1.29, 1.82) is 0 Å². The molecule has 0 radical (unpaired) electrons. The molecule has 3 aromatic carbocycles. The summed E-state index contributed by atoms with van der Waals surface area (Å²) < 4.78 is 35.3. The number of hydrogen-bond donors (Lipinski definition) is 1. The summed E-state index contributed by atoms with van der Waals surface area (Å²) in [5.74, 6) is 1.80. The molecule has 0 saturated carbocycles. The van der Waals surface area contributed by atoms with Gasteiger partial charge in [0.1, 0.15) is 11.5 Å². The zero-order valence-corrected chi connectivity index (χ0v) is 32.3. The highest BCUT2D eigenvalue weighted by Crippen LogP contribution is 2.37. The third-order valence-corrected chi connectivity index (χ3v) is 9.03. The van der Waals surface area contributed by atoms with E-state index in [-0.39, 0.29) is 17.1 Å². The maximum atomic E-state index is 13.4. The molecule has 3 aromatic rings. The zero-order chi connectivity index (χ0) is 38.5. The van der Waals surface area contributed by atoms with Crippen molar-refractivity contribution in [1.82, 2.24) is 0 Å². The number of benzene rings is 3. The topological polar surface area (TPSA) is 110 Å². The first-order valence-corrected chi connectivity index (χ1v) is 19.3. The molecule has 1 aliphatic rings. The van der Waals surface area contributed by atoms with Crippen LogP contribution in [0.2, 0.25) is 0 Å². The Morgan fingerprint density at radius 2 is 1.15 bits per heavy atom. The maximum absolute atomic E-state index is 13.4. The third-order valence-electron chi connectivity index (χ3n) is 9.03. The van der Waals surface area contributed by atoms with Gasteiger partial charge in [0.05, 0.1) is 33.0 Å². The zero-order valence-electron chi connectivity index (χ0n) is 32.3. The normalized spacial score (nSPS) is 12.4. The number of ether oxygens (including phenoxy) is 4. The highest BCUT2D eigenvalue weighted by molar-refractivity contribution is 6.58. The summed E-state index contributed by atoms with van der Waals surface area (Å²) in [7, 11) is 2.22. The van der Waals surface area contributed by atoms with Gasteiger partial charge in [-0.1, -0.05) is 108 Å². The van der Waals surface area contributed by atoms with Crippen LogP contribution in [0.25, 0.3) is 12.2 Å². The van der Waals surface area contributed by atoms with Crippen LogP contribution in [0, 0.1) is 0 Å². The molecule has 288 valence electrons. The number of carbonyl (C=O) groups is 2. The van der Waals surface area contributed by atoms with E-state index in [4.69, 9.17) is 28.3 Å². The number of carboxylic acid groups (broad SMARTS) is 1. The Hall–Kier alpha value is -5.12. The number of fused-ring (bicyclic) bond motifs is 1. The Labute approximate surface area is 321 Å². The van der Waals surface area contributed by atoms with Crippen molar-refractivity contribution in [2.24, 2.45) is 0 Å². The van der Waals surface area contributed by atoms with Gasteiger partial charge in [-0.15, -0.1) is 0 Å². The fourth-order valence-electron chi connectivity index (χ4n) is 5.94. The summed E-state index contributed by atoms with van der Waals surface area (Å²) in [6.07, 6.45) is 22.3. The third kappa shape index (κ3) is 13.4. The van der Waals surface area contributed by atoms with Crippen LogP contribution < -0.4 is 28.3 Å². The van der Waals surface area contributed by atoms with Gasteiger partial charge in [0.25, 0.3) is 0 Å². The molecule has 0 aromatic heterocycles. The molecule has 1 aliphatic heterocycles. The van der Waals surface area contributed by atoms with E-state index in [1.54, 1.807) is 32.4 Å². The molecule has 10 heteroatoms. The van der Waals surface area contributed by atoms with E-state index in [2.05, 4.69) is 13.8 Å². The van der Waals surface area contributed by atoms with E-state index < -0.39 is 13.1 Å². The molecule has 0 amide bonds. The molecule has 0 aliphatic carbocycles. The van der Waals surface area contributed by atoms with E-state index in [0.29, 0.717) is 47.4 Å². The van der Waals surface area contributed by atoms with Gasteiger partial charge in [0.15, 0.2) is 28.8 Å². The molecular formula is C44H55BO9. The summed E-state index contributed by atoms with van der Waals surface area (Å²) in [5.41, 5.74) is 2.07. The smallest absolute Gasteiger partial charge is 0.519 e. The summed E-state index contributed by atoms with van der Waals surface area (Å²) in [6.45, 7) is 5.66. The monoisotopic (exact) mass is 738 g/mol. The molecule has 0 bridgehead atoms. The van der Waals surface area contributed by atoms with Crippen LogP contribution in [0.1, 0.15) is 112 Å². The molecule has 0 unspecified atom stereocenters. The summed E-state index contributed by atoms with van der Waals surface area (Å²) in [4.78, 5) is 24.9. The second kappa shape index (κ2) is 22.8. The lowest BCUT2D eigenvalue weighted by molar-refractivity contribution is -0.110. The maximum Gasteiger partial charge on any atom is 0.632 e. The van der Waals surface area contributed by atoms with Gasteiger partial charge in [0.2, 0.25) is 0 Å². The standard InChI is InChI=1S/C44H55BO9/c1-5-7-9-11-13-15-27-51-38-24-19-33(29-41(38)49-3)17-22-36(45-53-40-26-21-35(44(47)48)31-43(40)54-45)32-37(46)23-18-34-20-25-39(42(30-34)50-4)52-28-16-14-12-10-8-6-2/h17-26,29-32H,5-16,27-28H2,1-4H3,(H,47,48)/b22-17+,23-18+,36-32-. The molecule has 0 atom stereocenters. The second-order valence-corrected chi connectivity index (χ2v) is 13.3. The Morgan fingerprint density at radius 3 is 1.69 bits per heavy atom. The van der Waals surface area contributed by atoms with Crippen LogP contribution in [0.5, 0.6) is 34.5 Å². The van der Waals surface area contributed by atoms with Crippen LogP contribution in [-0.4, -0.2) is 51.4 Å². The molecule has 1 heterocycles. The van der Waals surface area contributed by atoms with Crippen LogP contribution in [-0.2, 0) is 4.79 Å². The number of allylic oxidation sites excluding steroid dienone is 4. The van der Waals surface area contributed by atoms with Gasteiger partial charge in [-0.3, -0.25) is 4.79 Å². The van der Waals surface area contributed by atoms with E-state index in [1.807, 2.05) is 42.5 Å². The minimum atomic E-state index is -1.08. The predicted octanol–water partition coefficient (Wildman–Crippen LogP) is 10.6. The summed E-state index contributed by atoms with van der Waals surface area (Å²) in [6, 6.07) is 15.6. The second-order valence-electron chi connectivity index (χ2n) is 13.3. The molecule has 0 saturated heterocycles. The highest BCUT2D eigenvalue weighted by atomic mass is 16.6. The molecule has 0 fully saturated rings. The quantitative estimate of drug-likeness (QED) is 0.0393. The van der Waals surface area contributed by atoms with Crippen LogP contribution in [0.4, 0.5) is 0 Å². The number of carbonyl (C=O) groups excluding carboxylic acids is 1. The molecule has 0 spiro atoms. The number of unbranched alkanes of at least 4 members (excludes halogenated alkanes) is 10. The number of aromatic carboxylic acids is 1. The van der Waals surface area contributed by atoms with E-state index in [0.717, 1.165) is 36.8 Å². The van der Waals surface area contributed by atoms with E-state index in [9.17, 15) is 14.7 Å². The van der Waals surface area contributed by atoms with Crippen molar-refractivity contribution in [2.45, 2.75) is 90.9 Å². The van der Waals surface area contributed by atoms with Crippen LogP contribution in [0.15, 0.2) is 78.3 Å². The van der Waals surface area contributed by atoms with Crippen molar-refractivity contribution in [3.05, 3.63) is 95.0 Å². The highest BCUT2D eigenvalue weighted by Gasteiger charge is 2.35. The number of ketones is 1. The van der Waals surface area contributed by atoms with E-state index in [1.165, 1.54) is 75.7 Å². The summed E-state index contributed by atoms with van der Waals surface area (Å²) >= 11 is 0. The predicted molar refractivity (Wildman–Crippen MR) is 215 cm³/mol. The lowest BCUT2D eigenvalue weighted by Gasteiger charge is -2.11. The van der Waals surface area contributed by atoms with Crippen molar-refractivity contribution in [3.8, 4) is 34.5 Å². The minimum Gasteiger partial charge on any atom is -0.519 e. The number of rotatable bonds is 25. The Morgan fingerprint density at radius 1 is 0.630 bits per heavy atom. The van der Waals surface area contributed by atoms with Gasteiger partial charge in [0, 0.05) is 5.47 Å². The Balaban J connectivity index is 1.47. The fourth-order valence-corrected chi connectivity index (χ4v) is 5.94. The van der Waals surface area contributed by atoms with Crippen LogP contribution in [0.3, 0.4) is 0 Å². The van der Waals surface area contributed by atoms with Gasteiger partial charge in [-0.25, -0.2) is 4.79 Å². The molecule has 54 heavy (non-hydrogen) atoms. The van der Waals surface area contributed by atoms with Gasteiger partial charge in [-0.05, 0) is 78.6 Å². The first-order valence-electron chi connectivity index (χ1n) is 19.3. The fraction of sp³-hybridized carbons (Fsp3) is 0.409. The molecular weight excluding hydrogens is 683 g/mol. The minimum absolute atomic E-state index is 0.0678. The largest absolute Gasteiger partial charge is 0.632 e. The van der Waals surface area contributed by atoms with Gasteiger partial charge >= 0.3 is 13.1 Å². The average Bonchev–Trinajstić information content (AvgIpc) is 3.62. The van der Waals surface area contributed by atoms with Gasteiger partial charge < -0.3 is 33.4 Å². The lowest BCUT2D eigenvalue weighted by Crippen LogP contribution is -2.27. The number of methoxy groups -OCH3 is 2. The number of hydrogen-bond acceptors (Lipinski definition) is 8. The van der Waals surface area contributed by atoms with Crippen molar-refractivity contribution < 1.29 is 43.0 Å². The first-order chi connectivity index (χ1) is 26.3. The molecule has 4 rings (SSSR count). The lowest BCUT2D eigenvalue weighted by atomic mass is 9.77. The first kappa shape index (κ1) is 41.6. The summed E-state index contributed by atoms with van der Waals surface area (Å²) in [5, 5.41) is 9.46. The van der Waals surface area contributed by atoms with Crippen molar-refractivity contribution >= 4 is 31.0 Å². The average molecular weight is 739 g/mol. The number of carboxylic acids is 1. The Kier molecular flexibility index (Phi) is 17.6. The van der Waals surface area contributed by atoms with Crippen molar-refractivity contribution in [2.75, 3.05) is 27.4 Å². The van der Waals surface area contributed by atoms with Gasteiger partial charge in [-0.2, -0.15) is 0 Å². The molecule has 9 nitrogen and oxygen atoms in total. The SMILES string of the molecule is CCCCCCCCOc1ccc(/C=C/C(=O)/C=C(/C=C/c2ccc(OCCCCCCCC)c(OC)c2)B2Oc3ccc(C(=O)O)cc3O2)cc1OC.